The van der Waals surface area contributed by atoms with Gasteiger partial charge in [-0.2, -0.15) is 6.92 Å². The van der Waals surface area contributed by atoms with Gasteiger partial charge in [0.05, 0.1) is 0 Å². The second kappa shape index (κ2) is 12.1. The Hall–Kier alpha value is 0.374. The average Bonchev–Trinajstić information content (AvgIpc) is 2.24. The van der Waals surface area contributed by atoms with Crippen LogP contribution in [-0.4, -0.2) is 19.4 Å². The van der Waals surface area contributed by atoms with E-state index in [4.69, 9.17) is 0 Å². The van der Waals surface area contributed by atoms with Gasteiger partial charge in [-0.25, -0.2) is 4.79 Å². The fourth-order valence-corrected chi connectivity index (χ4v) is 0.292. The minimum atomic E-state index is -0.546. The number of rotatable bonds is 0. The van der Waals surface area contributed by atoms with Gasteiger partial charge in [0.2, 0.25) is 0 Å². The maximum absolute atomic E-state index is 9.80. The molecule has 1 saturated heterocycles. The molecule has 0 unspecified atom stereocenters. The first-order chi connectivity index (χ1) is 3.89. The minimum absolute atomic E-state index is 0. The summed E-state index contributed by atoms with van der Waals surface area (Å²) in [6.45, 7) is 5.83. The van der Waals surface area contributed by atoms with Crippen LogP contribution >= 0.6 is 0 Å². The molecule has 0 aliphatic carbocycles. The van der Waals surface area contributed by atoms with E-state index in [1.54, 1.807) is 6.92 Å². The molecule has 1 fully saturated rings. The predicted molar refractivity (Wildman–Crippen MR) is 34.7 cm³/mol. The summed E-state index contributed by atoms with van der Waals surface area (Å²) in [6.07, 6.45) is -0.546. The Morgan fingerprint density at radius 3 is 1.70 bits per heavy atom. The third kappa shape index (κ3) is 8.37. The molecule has 0 amide bonds. The molecule has 1 aliphatic heterocycles. The molecule has 0 aromatic heterocycles. The van der Waals surface area contributed by atoms with Gasteiger partial charge in [0.1, 0.15) is 13.2 Å². The van der Waals surface area contributed by atoms with Crippen molar-refractivity contribution >= 4 is 6.16 Å². The van der Waals surface area contributed by atoms with Crippen LogP contribution in [0.15, 0.2) is 0 Å². The quantitative estimate of drug-likeness (QED) is 0.458. The van der Waals surface area contributed by atoms with Gasteiger partial charge in [0, 0.05) is 32.7 Å². The van der Waals surface area contributed by atoms with E-state index < -0.39 is 6.16 Å². The van der Waals surface area contributed by atoms with Gasteiger partial charge in [0.15, 0.2) is 0 Å². The van der Waals surface area contributed by atoms with E-state index in [0.717, 1.165) is 0 Å². The second-order valence-electron chi connectivity index (χ2n) is 0.947. The van der Waals surface area contributed by atoms with Crippen LogP contribution in [0.3, 0.4) is 0 Å². The summed E-state index contributed by atoms with van der Waals surface area (Å²) in [7, 11) is 0. The Kier molecular flexibility index (Phi) is 20.3. The molecule has 0 N–H and O–H groups in total. The van der Waals surface area contributed by atoms with E-state index >= 15 is 0 Å². The second-order valence-corrected chi connectivity index (χ2v) is 0.947. The third-order valence-corrected chi connectivity index (χ3v) is 0.523. The van der Waals surface area contributed by atoms with Crippen molar-refractivity contribution in [1.82, 2.24) is 0 Å². The molecule has 0 saturated carbocycles. The SMILES string of the molecule is O=C1OCCO1.[CH2-]C.[CH3-].[Y]. The van der Waals surface area contributed by atoms with Gasteiger partial charge in [-0.1, -0.05) is 0 Å². The molecule has 0 atom stereocenters. The molecular weight excluding hydrogens is 209 g/mol. The topological polar surface area (TPSA) is 35.5 Å². The molecule has 1 heterocycles. The van der Waals surface area contributed by atoms with Gasteiger partial charge in [-0.3, -0.25) is 0 Å². The summed E-state index contributed by atoms with van der Waals surface area (Å²) < 4.78 is 8.58. The van der Waals surface area contributed by atoms with Crippen LogP contribution in [0.4, 0.5) is 4.79 Å². The van der Waals surface area contributed by atoms with E-state index in [2.05, 4.69) is 16.4 Å². The Morgan fingerprint density at radius 2 is 1.60 bits per heavy atom. The maximum atomic E-state index is 9.80. The van der Waals surface area contributed by atoms with Gasteiger partial charge in [-0.05, 0) is 0 Å². The fraction of sp³-hybridized carbons (Fsp3) is 0.500. The number of carbonyl (C=O) groups excluding carboxylic acids is 1. The van der Waals surface area contributed by atoms with Crippen LogP contribution in [0.1, 0.15) is 6.92 Å². The van der Waals surface area contributed by atoms with Gasteiger partial charge < -0.3 is 23.8 Å². The van der Waals surface area contributed by atoms with Crippen LogP contribution in [-0.2, 0) is 42.2 Å². The maximum Gasteiger partial charge on any atom is 0.508 e. The molecule has 10 heavy (non-hydrogen) atoms. The van der Waals surface area contributed by atoms with Crippen LogP contribution in [0.2, 0.25) is 0 Å². The molecule has 4 heteroatoms. The van der Waals surface area contributed by atoms with E-state index in [-0.39, 0.29) is 40.1 Å². The van der Waals surface area contributed by atoms with Crippen molar-refractivity contribution in [2.24, 2.45) is 0 Å². The van der Waals surface area contributed by atoms with E-state index in [0.29, 0.717) is 13.2 Å². The van der Waals surface area contributed by atoms with Crippen LogP contribution in [0, 0.1) is 14.4 Å². The van der Waals surface area contributed by atoms with Crippen molar-refractivity contribution in [2.75, 3.05) is 13.2 Å². The normalized spacial score (nSPS) is 12.4. The molecular formula is C6H12O3Y-2. The Balaban J connectivity index is -0.000000114. The minimum Gasteiger partial charge on any atom is -0.431 e. The largest absolute Gasteiger partial charge is 0.508 e. The molecule has 0 bridgehead atoms. The first kappa shape index (κ1) is 16.8. The van der Waals surface area contributed by atoms with Crippen molar-refractivity contribution in [3.05, 3.63) is 14.4 Å². The third-order valence-electron chi connectivity index (χ3n) is 0.523. The Bertz CT molecular complexity index is 67.4. The molecule has 0 aromatic carbocycles. The van der Waals surface area contributed by atoms with Gasteiger partial charge in [-0.15, -0.1) is 0 Å². The molecule has 0 aromatic rings. The first-order valence-electron chi connectivity index (χ1n) is 2.40. The summed E-state index contributed by atoms with van der Waals surface area (Å²) in [6, 6.07) is 0. The van der Waals surface area contributed by atoms with Crippen LogP contribution in [0.5, 0.6) is 0 Å². The van der Waals surface area contributed by atoms with Crippen molar-refractivity contribution < 1.29 is 47.0 Å². The standard InChI is InChI=1S/C3H4O3.C2H5.CH3.Y/c4-3-5-1-2-6-3;1-2;;/h1-2H2;1H2,2H3;1H3;/q;2*-1;. The number of carbonyl (C=O) groups is 1. The van der Waals surface area contributed by atoms with Crippen molar-refractivity contribution in [2.45, 2.75) is 6.92 Å². The van der Waals surface area contributed by atoms with Crippen LogP contribution < -0.4 is 0 Å². The molecule has 3 nitrogen and oxygen atoms in total. The average molecular weight is 221 g/mol. The monoisotopic (exact) mass is 221 g/mol. The summed E-state index contributed by atoms with van der Waals surface area (Å²) in [5.41, 5.74) is 0. The fourth-order valence-electron chi connectivity index (χ4n) is 0.292. The molecule has 59 valence electrons. The number of cyclic esters (lactones) is 2. The van der Waals surface area contributed by atoms with E-state index in [9.17, 15) is 4.79 Å². The van der Waals surface area contributed by atoms with Crippen LogP contribution in [0.25, 0.3) is 0 Å². The van der Waals surface area contributed by atoms with Crippen molar-refractivity contribution in [3.63, 3.8) is 0 Å². The summed E-state index contributed by atoms with van der Waals surface area (Å²) in [4.78, 5) is 9.80. The van der Waals surface area contributed by atoms with Crippen molar-refractivity contribution in [3.8, 4) is 0 Å². The zero-order chi connectivity index (χ0) is 6.41. The Morgan fingerprint density at radius 1 is 1.30 bits per heavy atom. The number of ether oxygens (including phenoxy) is 2. The van der Waals surface area contributed by atoms with Gasteiger partial charge >= 0.3 is 6.16 Å². The zero-order valence-corrected chi connectivity index (χ0v) is 9.26. The summed E-state index contributed by atoms with van der Waals surface area (Å²) >= 11 is 0. The summed E-state index contributed by atoms with van der Waals surface area (Å²) in [5, 5.41) is 0. The number of hydrogen-bond acceptors (Lipinski definition) is 3. The van der Waals surface area contributed by atoms with E-state index in [1.165, 1.54) is 0 Å². The smallest absolute Gasteiger partial charge is 0.431 e. The first-order valence-corrected chi connectivity index (χ1v) is 2.40. The Labute approximate surface area is 87.3 Å². The summed E-state index contributed by atoms with van der Waals surface area (Å²) in [5.74, 6) is 0. The molecule has 0 spiro atoms. The number of hydrogen-bond donors (Lipinski definition) is 0. The zero-order valence-electron chi connectivity index (χ0n) is 6.42. The molecule has 1 radical (unpaired) electrons. The molecule has 1 aliphatic rings. The van der Waals surface area contributed by atoms with Crippen molar-refractivity contribution in [1.29, 1.82) is 0 Å². The van der Waals surface area contributed by atoms with Gasteiger partial charge in [0.25, 0.3) is 0 Å². The van der Waals surface area contributed by atoms with E-state index in [1.807, 2.05) is 0 Å². The predicted octanol–water partition coefficient (Wildman–Crippen LogP) is 1.44. The molecule has 1 rings (SSSR count).